The molecule has 1 heterocycles. The highest BCUT2D eigenvalue weighted by molar-refractivity contribution is 6.23. The highest BCUT2D eigenvalue weighted by Gasteiger charge is 2.47. The van der Waals surface area contributed by atoms with Gasteiger partial charge in [-0.05, 0) is 53.0 Å². The molecule has 1 aliphatic heterocycles. The second kappa shape index (κ2) is 6.72. The minimum atomic E-state index is -0.550. The fourth-order valence-electron chi connectivity index (χ4n) is 3.74. The Hall–Kier alpha value is -0.610. The Labute approximate surface area is 145 Å². The molecule has 23 heavy (non-hydrogen) atoms. The molecule has 130 valence electrons. The number of benzene rings is 1. The van der Waals surface area contributed by atoms with E-state index in [2.05, 4.69) is 32.8 Å². The lowest BCUT2D eigenvalue weighted by Crippen LogP contribution is -2.62. The summed E-state index contributed by atoms with van der Waals surface area (Å²) in [5.41, 5.74) is 0.863. The van der Waals surface area contributed by atoms with Crippen molar-refractivity contribution in [3.8, 4) is 0 Å². The van der Waals surface area contributed by atoms with E-state index < -0.39 is 4.87 Å². The zero-order chi connectivity index (χ0) is 17.3. The second-order valence-corrected chi connectivity index (χ2v) is 8.86. The molecule has 0 saturated carbocycles. The lowest BCUT2D eigenvalue weighted by Gasteiger charge is -2.53. The van der Waals surface area contributed by atoms with Crippen LogP contribution in [-0.2, 0) is 14.4 Å². The number of ether oxygens (including phenoxy) is 1. The first-order valence-corrected chi connectivity index (χ1v) is 8.67. The minimum Gasteiger partial charge on any atom is -0.381 e. The van der Waals surface area contributed by atoms with Crippen LogP contribution in [0.3, 0.4) is 0 Å². The number of hydrogen-bond acceptors (Lipinski definition) is 3. The Bertz CT molecular complexity index is 495. The summed E-state index contributed by atoms with van der Waals surface area (Å²) >= 11 is 6.75. The van der Waals surface area contributed by atoms with Crippen molar-refractivity contribution in [3.63, 3.8) is 0 Å². The summed E-state index contributed by atoms with van der Waals surface area (Å²) in [7, 11) is 1.79. The van der Waals surface area contributed by atoms with Crippen molar-refractivity contribution in [2.24, 2.45) is 0 Å². The van der Waals surface area contributed by atoms with Crippen LogP contribution in [0.4, 0.5) is 0 Å². The molecule has 1 aromatic carbocycles. The number of methoxy groups -OCH3 is 1. The van der Waals surface area contributed by atoms with Crippen molar-refractivity contribution in [1.29, 1.82) is 0 Å². The largest absolute Gasteiger partial charge is 0.381 e. The lowest BCUT2D eigenvalue weighted by molar-refractivity contribution is -0.296. The molecule has 2 rings (SSSR count). The zero-order valence-corrected chi connectivity index (χ0v) is 16.0. The van der Waals surface area contributed by atoms with Crippen LogP contribution in [-0.4, -0.2) is 36.0 Å². The van der Waals surface area contributed by atoms with E-state index in [1.165, 1.54) is 0 Å². The molecule has 0 aliphatic carbocycles. The Balaban J connectivity index is 2.12. The molecule has 1 fully saturated rings. The van der Waals surface area contributed by atoms with E-state index in [0.717, 1.165) is 18.4 Å². The highest BCUT2D eigenvalue weighted by Crippen LogP contribution is 2.40. The fraction of sp³-hybridized carbons (Fsp3) is 0.684. The molecule has 1 unspecified atom stereocenters. The maximum Gasteiger partial charge on any atom is 0.0919 e. The van der Waals surface area contributed by atoms with E-state index in [4.69, 9.17) is 21.2 Å². The minimum absolute atomic E-state index is 0.105. The molecule has 1 saturated heterocycles. The molecule has 1 atom stereocenters. The van der Waals surface area contributed by atoms with Crippen LogP contribution in [0.15, 0.2) is 30.3 Å². The molecule has 0 aromatic heterocycles. The molecule has 0 bridgehead atoms. The molecule has 1 aliphatic rings. The van der Waals surface area contributed by atoms with Gasteiger partial charge in [-0.3, -0.25) is 4.84 Å². The van der Waals surface area contributed by atoms with Crippen LogP contribution >= 0.6 is 11.6 Å². The number of alkyl halides is 1. The number of piperidine rings is 1. The Morgan fingerprint density at radius 2 is 1.65 bits per heavy atom. The molecule has 0 N–H and O–H groups in total. The molecular weight excluding hydrogens is 310 g/mol. The van der Waals surface area contributed by atoms with Crippen LogP contribution in [0.2, 0.25) is 0 Å². The SMILES string of the molecule is COC1CC(C)(C)N(OCC(C)(Cl)c2ccccc2)C(C)(C)C1. The van der Waals surface area contributed by atoms with Gasteiger partial charge in [0, 0.05) is 18.2 Å². The number of hydroxylamine groups is 2. The monoisotopic (exact) mass is 339 g/mol. The molecule has 0 spiro atoms. The van der Waals surface area contributed by atoms with E-state index in [-0.39, 0.29) is 17.2 Å². The van der Waals surface area contributed by atoms with Gasteiger partial charge in [-0.2, -0.15) is 5.06 Å². The molecule has 4 heteroatoms. The van der Waals surface area contributed by atoms with E-state index in [9.17, 15) is 0 Å². The normalized spacial score (nSPS) is 24.3. The maximum atomic E-state index is 6.75. The average molecular weight is 340 g/mol. The smallest absolute Gasteiger partial charge is 0.0919 e. The molecule has 0 radical (unpaired) electrons. The van der Waals surface area contributed by atoms with Gasteiger partial charge in [0.1, 0.15) is 0 Å². The number of rotatable bonds is 5. The zero-order valence-electron chi connectivity index (χ0n) is 15.2. The quantitative estimate of drug-likeness (QED) is 0.723. The van der Waals surface area contributed by atoms with Gasteiger partial charge in [0.2, 0.25) is 0 Å². The number of hydrogen-bond donors (Lipinski definition) is 0. The first kappa shape index (κ1) is 18.7. The third-order valence-corrected chi connectivity index (χ3v) is 5.06. The fourth-order valence-corrected chi connectivity index (χ4v) is 3.92. The highest BCUT2D eigenvalue weighted by atomic mass is 35.5. The van der Waals surface area contributed by atoms with Crippen molar-refractivity contribution in [1.82, 2.24) is 5.06 Å². The average Bonchev–Trinajstić information content (AvgIpc) is 2.45. The summed E-state index contributed by atoms with van der Waals surface area (Å²) in [6.45, 7) is 11.2. The third kappa shape index (κ3) is 4.27. The summed E-state index contributed by atoms with van der Waals surface area (Å²) in [6, 6.07) is 10.1. The van der Waals surface area contributed by atoms with Gasteiger partial charge in [-0.1, -0.05) is 30.3 Å². The van der Waals surface area contributed by atoms with Crippen LogP contribution in [0, 0.1) is 0 Å². The van der Waals surface area contributed by atoms with Gasteiger partial charge in [-0.15, -0.1) is 11.6 Å². The molecule has 3 nitrogen and oxygen atoms in total. The Morgan fingerprint density at radius 3 is 2.13 bits per heavy atom. The van der Waals surface area contributed by atoms with E-state index >= 15 is 0 Å². The Morgan fingerprint density at radius 1 is 1.13 bits per heavy atom. The molecular formula is C19H30ClNO2. The van der Waals surface area contributed by atoms with Crippen molar-refractivity contribution in [2.75, 3.05) is 13.7 Å². The van der Waals surface area contributed by atoms with Crippen LogP contribution in [0.5, 0.6) is 0 Å². The predicted molar refractivity (Wildman–Crippen MR) is 95.6 cm³/mol. The third-order valence-electron chi connectivity index (χ3n) is 4.73. The number of halogens is 1. The first-order chi connectivity index (χ1) is 10.6. The summed E-state index contributed by atoms with van der Waals surface area (Å²) in [4.78, 5) is 5.72. The van der Waals surface area contributed by atoms with Gasteiger partial charge < -0.3 is 4.74 Å². The van der Waals surface area contributed by atoms with E-state index in [0.29, 0.717) is 6.61 Å². The van der Waals surface area contributed by atoms with Gasteiger partial charge in [0.15, 0.2) is 0 Å². The van der Waals surface area contributed by atoms with Crippen LogP contribution in [0.1, 0.15) is 53.0 Å². The van der Waals surface area contributed by atoms with Gasteiger partial charge >= 0.3 is 0 Å². The second-order valence-electron chi connectivity index (χ2n) is 8.02. The van der Waals surface area contributed by atoms with Crippen molar-refractivity contribution >= 4 is 11.6 Å². The standard InChI is InChI=1S/C19H30ClNO2/c1-17(2)12-16(22-6)13-18(3,4)21(17)23-14-19(5,20)15-10-8-7-9-11-15/h7-11,16H,12-14H2,1-6H3. The van der Waals surface area contributed by atoms with Crippen LogP contribution in [0.25, 0.3) is 0 Å². The van der Waals surface area contributed by atoms with Crippen molar-refractivity contribution < 1.29 is 9.57 Å². The lowest BCUT2D eigenvalue weighted by atomic mass is 9.80. The maximum absolute atomic E-state index is 6.75. The summed E-state index contributed by atoms with van der Waals surface area (Å²) in [5, 5.41) is 2.12. The molecule has 0 amide bonds. The van der Waals surface area contributed by atoms with Crippen LogP contribution < -0.4 is 0 Å². The van der Waals surface area contributed by atoms with Gasteiger partial charge in [0.05, 0.1) is 17.6 Å². The Kier molecular flexibility index (Phi) is 5.47. The molecule has 1 aromatic rings. The van der Waals surface area contributed by atoms with E-state index in [1.807, 2.05) is 37.3 Å². The summed E-state index contributed by atoms with van der Waals surface area (Å²) < 4.78 is 5.62. The predicted octanol–water partition coefficient (Wildman–Crippen LogP) is 4.74. The van der Waals surface area contributed by atoms with Crippen molar-refractivity contribution in [3.05, 3.63) is 35.9 Å². The van der Waals surface area contributed by atoms with Crippen molar-refractivity contribution in [2.45, 2.75) is 69.5 Å². The summed E-state index contributed by atoms with van der Waals surface area (Å²) in [5.74, 6) is 0. The number of nitrogens with zero attached hydrogens (tertiary/aromatic N) is 1. The first-order valence-electron chi connectivity index (χ1n) is 8.29. The summed E-state index contributed by atoms with van der Waals surface area (Å²) in [6.07, 6.45) is 2.14. The van der Waals surface area contributed by atoms with Gasteiger partial charge in [0.25, 0.3) is 0 Å². The van der Waals surface area contributed by atoms with Gasteiger partial charge in [-0.25, -0.2) is 0 Å². The van der Waals surface area contributed by atoms with E-state index in [1.54, 1.807) is 7.11 Å². The topological polar surface area (TPSA) is 21.7 Å².